The van der Waals surface area contributed by atoms with Crippen LogP contribution in [0.15, 0.2) is 91.0 Å². The zero-order valence-electron chi connectivity index (χ0n) is 20.9. The number of anilines is 1. The Bertz CT molecular complexity index is 1400. The largest absolute Gasteiger partial charge is 0.351 e. The smallest absolute Gasteiger partial charge is 0.275 e. The van der Waals surface area contributed by atoms with Crippen LogP contribution in [-0.4, -0.2) is 22.8 Å². The van der Waals surface area contributed by atoms with Crippen molar-refractivity contribution < 1.29 is 18.4 Å². The normalized spacial score (nSPS) is 14.6. The molecule has 0 saturated heterocycles. The summed E-state index contributed by atoms with van der Waals surface area (Å²) < 4.78 is 29.1. The first-order chi connectivity index (χ1) is 18.5. The predicted octanol–water partition coefficient (Wildman–Crippen LogP) is 6.80. The third kappa shape index (κ3) is 5.52. The van der Waals surface area contributed by atoms with E-state index in [9.17, 15) is 14.0 Å². The number of nitrogens with one attached hydrogen (secondary N) is 2. The molecule has 7 heteroatoms. The number of carbonyl (C=O) groups is 2. The molecule has 1 aliphatic rings. The fourth-order valence-electron chi connectivity index (χ4n) is 5.04. The van der Waals surface area contributed by atoms with Crippen molar-refractivity contribution in [3.05, 3.63) is 114 Å². The van der Waals surface area contributed by atoms with Crippen LogP contribution in [0.2, 0.25) is 0 Å². The molecule has 194 valence electrons. The van der Waals surface area contributed by atoms with Crippen molar-refractivity contribution >= 4 is 17.5 Å². The average molecular weight is 514 g/mol. The molecule has 1 fully saturated rings. The second-order valence-electron chi connectivity index (χ2n) is 9.58. The third-order valence-corrected chi connectivity index (χ3v) is 6.98. The van der Waals surface area contributed by atoms with Crippen LogP contribution in [0.1, 0.15) is 54.2 Å². The molecule has 2 amide bonds. The maximum atomic E-state index is 15.3. The first-order valence-corrected chi connectivity index (χ1v) is 12.9. The van der Waals surface area contributed by atoms with Gasteiger partial charge in [-0.25, -0.2) is 8.78 Å². The highest BCUT2D eigenvalue weighted by Crippen LogP contribution is 2.33. The van der Waals surface area contributed by atoms with Gasteiger partial charge in [0.05, 0.1) is 5.69 Å². The molecule has 2 N–H and O–H groups in total. The number of aromatic nitrogens is 1. The highest BCUT2D eigenvalue weighted by Gasteiger charge is 2.36. The van der Waals surface area contributed by atoms with Crippen molar-refractivity contribution in [2.45, 2.75) is 44.2 Å². The van der Waals surface area contributed by atoms with E-state index in [2.05, 4.69) is 10.3 Å². The van der Waals surface area contributed by atoms with E-state index in [1.807, 2.05) is 30.3 Å². The third-order valence-electron chi connectivity index (χ3n) is 6.98. The summed E-state index contributed by atoms with van der Waals surface area (Å²) in [7, 11) is 0. The molecule has 0 bridgehead atoms. The minimum Gasteiger partial charge on any atom is -0.351 e. The van der Waals surface area contributed by atoms with Crippen molar-refractivity contribution in [2.75, 3.05) is 4.90 Å². The number of nitrogens with zero attached hydrogens (tertiary/aromatic N) is 1. The van der Waals surface area contributed by atoms with Crippen LogP contribution in [0.5, 0.6) is 0 Å². The molecule has 1 aromatic heterocycles. The first-order valence-electron chi connectivity index (χ1n) is 12.9. The molecule has 1 saturated carbocycles. The summed E-state index contributed by atoms with van der Waals surface area (Å²) in [5.41, 5.74) is 2.14. The highest BCUT2D eigenvalue weighted by molar-refractivity contribution is 6.09. The van der Waals surface area contributed by atoms with E-state index in [0.717, 1.165) is 37.7 Å². The molecule has 5 nitrogen and oxygen atoms in total. The summed E-state index contributed by atoms with van der Waals surface area (Å²) in [5.74, 6) is -2.13. The van der Waals surface area contributed by atoms with Crippen molar-refractivity contribution in [1.82, 2.24) is 10.3 Å². The number of halogens is 2. The van der Waals surface area contributed by atoms with Gasteiger partial charge >= 0.3 is 0 Å². The van der Waals surface area contributed by atoms with E-state index in [0.29, 0.717) is 11.3 Å². The zero-order chi connectivity index (χ0) is 26.5. The Morgan fingerprint density at radius 1 is 0.816 bits per heavy atom. The van der Waals surface area contributed by atoms with Crippen molar-refractivity contribution in [1.29, 1.82) is 0 Å². The Morgan fingerprint density at radius 2 is 1.50 bits per heavy atom. The molecule has 0 aliphatic heterocycles. The van der Waals surface area contributed by atoms with Crippen molar-refractivity contribution in [2.24, 2.45) is 0 Å². The fourth-order valence-corrected chi connectivity index (χ4v) is 5.04. The van der Waals surface area contributed by atoms with E-state index in [1.165, 1.54) is 47.4 Å². The van der Waals surface area contributed by atoms with Gasteiger partial charge in [-0.15, -0.1) is 0 Å². The van der Waals surface area contributed by atoms with E-state index in [-0.39, 0.29) is 17.4 Å². The van der Waals surface area contributed by atoms with E-state index >= 15 is 4.39 Å². The summed E-state index contributed by atoms with van der Waals surface area (Å²) in [6.07, 6.45) is 4.81. The summed E-state index contributed by atoms with van der Waals surface area (Å²) >= 11 is 0. The number of carbonyl (C=O) groups excluding carboxylic acids is 2. The minimum absolute atomic E-state index is 0.0352. The molecule has 0 radical (unpaired) electrons. The first kappa shape index (κ1) is 25.4. The number of hydrogen-bond donors (Lipinski definition) is 2. The summed E-state index contributed by atoms with van der Waals surface area (Å²) in [6.45, 7) is 0. The second-order valence-corrected chi connectivity index (χ2v) is 9.58. The Balaban J connectivity index is 1.58. The topological polar surface area (TPSA) is 65.2 Å². The van der Waals surface area contributed by atoms with Crippen LogP contribution in [0.3, 0.4) is 0 Å². The van der Waals surface area contributed by atoms with E-state index in [1.54, 1.807) is 18.2 Å². The van der Waals surface area contributed by atoms with Crippen molar-refractivity contribution in [3.63, 3.8) is 0 Å². The number of aromatic amines is 1. The Labute approximate surface area is 220 Å². The Hall–Kier alpha value is -4.26. The van der Waals surface area contributed by atoms with Gasteiger partial charge in [0.25, 0.3) is 5.91 Å². The van der Waals surface area contributed by atoms with Gasteiger partial charge in [0, 0.05) is 11.7 Å². The van der Waals surface area contributed by atoms with E-state index < -0.39 is 29.5 Å². The molecule has 4 aromatic rings. The van der Waals surface area contributed by atoms with Gasteiger partial charge in [-0.2, -0.15) is 0 Å². The molecule has 1 heterocycles. The highest BCUT2D eigenvalue weighted by atomic mass is 19.1. The fraction of sp³-hybridized carbons (Fsp3) is 0.226. The number of amides is 2. The molecule has 0 spiro atoms. The van der Waals surface area contributed by atoms with Gasteiger partial charge in [0.1, 0.15) is 23.4 Å². The number of hydrogen-bond acceptors (Lipinski definition) is 2. The zero-order valence-corrected chi connectivity index (χ0v) is 20.9. The number of H-pyrrole nitrogens is 1. The monoisotopic (exact) mass is 513 g/mol. The number of rotatable bonds is 7. The van der Waals surface area contributed by atoms with Gasteiger partial charge in [-0.3, -0.25) is 14.5 Å². The molecule has 1 atom stereocenters. The SMILES string of the molecule is O=C(NC1CCCCC1)[C@H](c1ccc(F)cc1)N(C(=O)c1ccc(-c2ccccc2)[nH]1)c1ccccc1F. The van der Waals surface area contributed by atoms with Gasteiger partial charge < -0.3 is 10.3 Å². The van der Waals surface area contributed by atoms with Gasteiger partial charge in [0.15, 0.2) is 0 Å². The van der Waals surface area contributed by atoms with Gasteiger partial charge in [-0.05, 0) is 60.4 Å². The predicted molar refractivity (Wildman–Crippen MR) is 144 cm³/mol. The van der Waals surface area contributed by atoms with Crippen molar-refractivity contribution in [3.8, 4) is 11.3 Å². The molecule has 5 rings (SSSR count). The van der Waals surface area contributed by atoms with E-state index in [4.69, 9.17) is 0 Å². The van der Waals surface area contributed by atoms with Crippen LogP contribution in [0, 0.1) is 11.6 Å². The molecule has 38 heavy (non-hydrogen) atoms. The maximum Gasteiger partial charge on any atom is 0.275 e. The Kier molecular flexibility index (Phi) is 7.63. The molecule has 1 aliphatic carbocycles. The van der Waals surface area contributed by atoms with Crippen LogP contribution in [0.4, 0.5) is 14.5 Å². The van der Waals surface area contributed by atoms with Gasteiger partial charge in [-0.1, -0.05) is 73.9 Å². The van der Waals surface area contributed by atoms with Crippen LogP contribution in [0.25, 0.3) is 11.3 Å². The van der Waals surface area contributed by atoms with Crippen LogP contribution < -0.4 is 10.2 Å². The lowest BCUT2D eigenvalue weighted by Crippen LogP contribution is -2.47. The maximum absolute atomic E-state index is 15.3. The molecule has 0 unspecified atom stereocenters. The second kappa shape index (κ2) is 11.4. The molecular formula is C31H29F2N3O2. The quantitative estimate of drug-likeness (QED) is 0.286. The standard InChI is InChI=1S/C31H29F2N3O2/c32-23-17-15-22(16-18-23)29(30(37)34-24-11-5-2-6-12-24)36(28-14-8-7-13-25(28)33)31(38)27-20-19-26(35-27)21-9-3-1-4-10-21/h1,3-4,7-10,13-20,24,29,35H,2,5-6,11-12H2,(H,34,37)/t29-/m0/s1. The minimum atomic E-state index is -1.22. The summed E-state index contributed by atoms with van der Waals surface area (Å²) in [4.78, 5) is 32.2. The van der Waals surface area contributed by atoms with Gasteiger partial charge in [0.2, 0.25) is 5.91 Å². The lowest BCUT2D eigenvalue weighted by molar-refractivity contribution is -0.123. The Morgan fingerprint density at radius 3 is 2.21 bits per heavy atom. The summed E-state index contributed by atoms with van der Waals surface area (Å²) in [6, 6.07) is 22.9. The lowest BCUT2D eigenvalue weighted by atomic mass is 9.94. The number of para-hydroxylation sites is 1. The average Bonchev–Trinajstić information content (AvgIpc) is 3.44. The molecule has 3 aromatic carbocycles. The summed E-state index contributed by atoms with van der Waals surface area (Å²) in [5, 5.41) is 3.08. The molecular weight excluding hydrogens is 484 g/mol. The van der Waals surface area contributed by atoms with Crippen LogP contribution >= 0.6 is 0 Å². The lowest BCUT2D eigenvalue weighted by Gasteiger charge is -2.33. The number of benzene rings is 3. The van der Waals surface area contributed by atoms with Crippen LogP contribution in [-0.2, 0) is 4.79 Å².